The van der Waals surface area contributed by atoms with Crippen LogP contribution in [0.4, 0.5) is 16.0 Å². The maximum Gasteiger partial charge on any atom is 0.260 e. The van der Waals surface area contributed by atoms with Crippen molar-refractivity contribution < 1.29 is 23.4 Å². The Hall–Kier alpha value is -4.81. The molecule has 0 aliphatic carbocycles. The van der Waals surface area contributed by atoms with Gasteiger partial charge < -0.3 is 24.8 Å². The van der Waals surface area contributed by atoms with Gasteiger partial charge in [0.2, 0.25) is 11.9 Å². The fourth-order valence-corrected chi connectivity index (χ4v) is 5.02. The second-order valence-electron chi connectivity index (χ2n) is 10.2. The minimum absolute atomic E-state index is 0.0369. The van der Waals surface area contributed by atoms with E-state index in [1.54, 1.807) is 24.4 Å². The molecule has 0 saturated carbocycles. The first-order valence-corrected chi connectivity index (χ1v) is 14.3. The van der Waals surface area contributed by atoms with Crippen LogP contribution >= 0.6 is 0 Å². The molecular weight excluding hydrogens is 567 g/mol. The third kappa shape index (κ3) is 7.04. The topological polar surface area (TPSA) is 120 Å². The van der Waals surface area contributed by atoms with Crippen LogP contribution in [0.15, 0.2) is 66.1 Å². The average molecular weight is 603 g/mol. The molecule has 0 radical (unpaired) electrons. The number of rotatable bonds is 12. The molecule has 1 fully saturated rings. The van der Waals surface area contributed by atoms with Gasteiger partial charge in [0, 0.05) is 61.6 Å². The van der Waals surface area contributed by atoms with E-state index in [1.807, 2.05) is 12.1 Å². The zero-order chi connectivity index (χ0) is 31.1. The lowest BCUT2D eigenvalue weighted by molar-refractivity contribution is -0.111. The fraction of sp³-hybridized carbons (Fsp3) is 0.312. The molecule has 230 valence electrons. The van der Waals surface area contributed by atoms with E-state index in [4.69, 9.17) is 19.2 Å². The first kappa shape index (κ1) is 30.6. The smallest absolute Gasteiger partial charge is 0.260 e. The molecule has 1 aliphatic rings. The molecule has 0 unspecified atom stereocenters. The van der Waals surface area contributed by atoms with Crippen molar-refractivity contribution in [2.24, 2.45) is 0 Å². The Balaban J connectivity index is 1.50. The number of hydrogen-bond donors (Lipinski definition) is 2. The highest BCUT2D eigenvalue weighted by Crippen LogP contribution is 2.33. The lowest BCUT2D eigenvalue weighted by Crippen LogP contribution is -2.39. The van der Waals surface area contributed by atoms with Crippen molar-refractivity contribution in [3.05, 3.63) is 83.1 Å². The minimum Gasteiger partial charge on any atom is -0.497 e. The number of aromatic nitrogens is 3. The molecule has 4 aromatic rings. The number of hydrogen-bond acceptors (Lipinski definition) is 9. The Labute approximate surface area is 254 Å². The summed E-state index contributed by atoms with van der Waals surface area (Å²) in [4.78, 5) is 37.2. The summed E-state index contributed by atoms with van der Waals surface area (Å²) in [7, 11) is 2.82. The number of anilines is 2. The first-order valence-electron chi connectivity index (χ1n) is 14.3. The van der Waals surface area contributed by atoms with Gasteiger partial charge in [-0.15, -0.1) is 0 Å². The van der Waals surface area contributed by atoms with Gasteiger partial charge in [-0.05, 0) is 42.3 Å². The third-order valence-corrected chi connectivity index (χ3v) is 7.43. The number of methoxy groups -OCH3 is 2. The Morgan fingerprint density at radius 3 is 2.57 bits per heavy atom. The molecule has 1 amide bonds. The normalized spacial score (nSPS) is 13.4. The molecule has 5 rings (SSSR count). The molecule has 0 bridgehead atoms. The number of fused-ring (bicyclic) bond motifs is 1. The van der Waals surface area contributed by atoms with Gasteiger partial charge in [0.25, 0.3) is 5.56 Å². The van der Waals surface area contributed by atoms with Gasteiger partial charge >= 0.3 is 0 Å². The highest BCUT2D eigenvalue weighted by molar-refractivity contribution is 5.98. The van der Waals surface area contributed by atoms with Crippen LogP contribution in [-0.4, -0.2) is 79.0 Å². The number of nitrogens with zero attached hydrogens (tertiary/aromatic N) is 4. The maximum absolute atomic E-state index is 15.5. The zero-order valence-electron chi connectivity index (χ0n) is 24.8. The number of ether oxygens (including phenoxy) is 3. The summed E-state index contributed by atoms with van der Waals surface area (Å²) in [5.74, 6) is -0.267. The summed E-state index contributed by atoms with van der Waals surface area (Å²) in [6.07, 6.45) is 3.31. The van der Waals surface area contributed by atoms with Crippen LogP contribution in [0.3, 0.4) is 0 Å². The Morgan fingerprint density at radius 2 is 1.86 bits per heavy atom. The van der Waals surface area contributed by atoms with E-state index >= 15 is 4.39 Å². The van der Waals surface area contributed by atoms with E-state index in [2.05, 4.69) is 27.1 Å². The average Bonchev–Trinajstić information content (AvgIpc) is 3.05. The standard InChI is InChI=1S/C32H35FN6O5/c1-4-28(40)36-23-7-5-21(6-8-23)9-11-39-30-22(20-35-32(37-30)34-10-12-38-13-15-44-16-14-38)17-26(31(39)41)25-18-24(42-2)19-27(43-3)29(25)33/h4-8,17-20H,1,9-16H2,2-3H3,(H,36,40)(H,34,35,37). The van der Waals surface area contributed by atoms with E-state index in [0.717, 1.165) is 25.2 Å². The van der Waals surface area contributed by atoms with E-state index in [9.17, 15) is 9.59 Å². The van der Waals surface area contributed by atoms with Crippen LogP contribution in [0, 0.1) is 5.82 Å². The Morgan fingerprint density at radius 1 is 1.09 bits per heavy atom. The lowest BCUT2D eigenvalue weighted by Gasteiger charge is -2.26. The SMILES string of the molecule is C=CC(=O)Nc1ccc(CCn2c(=O)c(-c3cc(OC)cc(OC)c3F)cc3cnc(NCCN4CCOCC4)nc32)cc1. The van der Waals surface area contributed by atoms with Gasteiger partial charge in [-0.1, -0.05) is 18.7 Å². The van der Waals surface area contributed by atoms with Gasteiger partial charge in [-0.25, -0.2) is 9.37 Å². The van der Waals surface area contributed by atoms with Gasteiger partial charge in [0.1, 0.15) is 11.4 Å². The van der Waals surface area contributed by atoms with Gasteiger partial charge in [-0.2, -0.15) is 4.98 Å². The number of nitrogens with one attached hydrogen (secondary N) is 2. The molecule has 11 nitrogen and oxygen atoms in total. The summed E-state index contributed by atoms with van der Waals surface area (Å²) in [6, 6.07) is 11.8. The molecule has 0 spiro atoms. The highest BCUT2D eigenvalue weighted by atomic mass is 19.1. The van der Waals surface area contributed by atoms with Crippen LogP contribution in [0.1, 0.15) is 5.56 Å². The summed E-state index contributed by atoms with van der Waals surface area (Å²) < 4.78 is 33.0. The van der Waals surface area contributed by atoms with Crippen LogP contribution in [0.25, 0.3) is 22.2 Å². The molecule has 12 heteroatoms. The molecule has 2 aromatic heterocycles. The molecule has 3 heterocycles. The minimum atomic E-state index is -0.671. The number of benzene rings is 2. The van der Waals surface area contributed by atoms with Crippen LogP contribution in [0.5, 0.6) is 11.5 Å². The monoisotopic (exact) mass is 602 g/mol. The first-order chi connectivity index (χ1) is 21.4. The van der Waals surface area contributed by atoms with E-state index in [1.165, 1.54) is 37.0 Å². The van der Waals surface area contributed by atoms with E-state index in [-0.39, 0.29) is 29.3 Å². The Kier molecular flexibility index (Phi) is 9.82. The van der Waals surface area contributed by atoms with Crippen LogP contribution in [-0.2, 0) is 22.5 Å². The second kappa shape index (κ2) is 14.1. The molecule has 0 atom stereocenters. The quantitative estimate of drug-likeness (QED) is 0.234. The van der Waals surface area contributed by atoms with E-state index < -0.39 is 11.4 Å². The van der Waals surface area contributed by atoms with Gasteiger partial charge in [-0.3, -0.25) is 19.1 Å². The van der Waals surface area contributed by atoms with E-state index in [0.29, 0.717) is 54.6 Å². The number of pyridine rings is 1. The molecule has 1 saturated heterocycles. The predicted molar refractivity (Wildman–Crippen MR) is 167 cm³/mol. The second-order valence-corrected chi connectivity index (χ2v) is 10.2. The van der Waals surface area contributed by atoms with Crippen molar-refractivity contribution in [2.45, 2.75) is 13.0 Å². The third-order valence-electron chi connectivity index (χ3n) is 7.43. The number of morpholine rings is 1. The summed E-state index contributed by atoms with van der Waals surface area (Å²) in [5, 5.41) is 6.55. The summed E-state index contributed by atoms with van der Waals surface area (Å²) in [5.41, 5.74) is 1.75. The van der Waals surface area contributed by atoms with Gasteiger partial charge in [0.15, 0.2) is 11.6 Å². The molecule has 2 aromatic carbocycles. The van der Waals surface area contributed by atoms with Crippen molar-refractivity contribution in [3.8, 4) is 22.6 Å². The van der Waals surface area contributed by atoms with Crippen LogP contribution in [0.2, 0.25) is 0 Å². The maximum atomic E-state index is 15.5. The Bertz CT molecular complexity index is 1700. The molecule has 2 N–H and O–H groups in total. The number of amides is 1. The van der Waals surface area contributed by atoms with Crippen molar-refractivity contribution in [1.82, 2.24) is 19.4 Å². The van der Waals surface area contributed by atoms with Crippen molar-refractivity contribution in [3.63, 3.8) is 0 Å². The van der Waals surface area contributed by atoms with Crippen molar-refractivity contribution >= 4 is 28.6 Å². The summed E-state index contributed by atoms with van der Waals surface area (Å²) >= 11 is 0. The van der Waals surface area contributed by atoms with Crippen molar-refractivity contribution in [1.29, 1.82) is 0 Å². The zero-order valence-corrected chi connectivity index (χ0v) is 24.8. The predicted octanol–water partition coefficient (Wildman–Crippen LogP) is 3.73. The fourth-order valence-electron chi connectivity index (χ4n) is 5.02. The molecular formula is C32H35FN6O5. The lowest BCUT2D eigenvalue weighted by atomic mass is 10.0. The van der Waals surface area contributed by atoms with Crippen LogP contribution < -0.4 is 25.7 Å². The summed E-state index contributed by atoms with van der Waals surface area (Å²) in [6.45, 7) is 8.32. The largest absolute Gasteiger partial charge is 0.497 e. The molecule has 44 heavy (non-hydrogen) atoms. The number of carbonyl (C=O) groups is 1. The highest BCUT2D eigenvalue weighted by Gasteiger charge is 2.20. The molecule has 1 aliphatic heterocycles. The number of aryl methyl sites for hydroxylation is 2. The van der Waals surface area contributed by atoms with Crippen molar-refractivity contribution in [2.75, 3.05) is 64.2 Å². The number of halogens is 1. The number of carbonyl (C=O) groups excluding carboxylic acids is 1. The van der Waals surface area contributed by atoms with Gasteiger partial charge in [0.05, 0.1) is 33.0 Å².